The summed E-state index contributed by atoms with van der Waals surface area (Å²) in [4.78, 5) is 4.51. The van der Waals surface area contributed by atoms with E-state index in [9.17, 15) is 0 Å². The third-order valence-electron chi connectivity index (χ3n) is 2.87. The smallest absolute Gasteiger partial charge is 0.231 e. The SMILES string of the molecule is C=CCNC(=NCCc1ccc2c(c1)OCO2)NCC.I. The molecule has 0 radical (unpaired) electrons. The lowest BCUT2D eigenvalue weighted by Gasteiger charge is -2.09. The largest absolute Gasteiger partial charge is 0.454 e. The molecular weight excluding hydrogens is 381 g/mol. The summed E-state index contributed by atoms with van der Waals surface area (Å²) in [6, 6.07) is 6.01. The third kappa shape index (κ3) is 5.45. The third-order valence-corrected chi connectivity index (χ3v) is 2.87. The molecular formula is C15H22IN3O2. The van der Waals surface area contributed by atoms with E-state index in [1.54, 1.807) is 0 Å². The van der Waals surface area contributed by atoms with Crippen LogP contribution in [0, 0.1) is 0 Å². The van der Waals surface area contributed by atoms with Crippen molar-refractivity contribution in [3.63, 3.8) is 0 Å². The lowest BCUT2D eigenvalue weighted by molar-refractivity contribution is 0.174. The fraction of sp³-hybridized carbons (Fsp3) is 0.400. The van der Waals surface area contributed by atoms with Crippen molar-refractivity contribution >= 4 is 29.9 Å². The van der Waals surface area contributed by atoms with E-state index in [1.165, 1.54) is 5.56 Å². The minimum Gasteiger partial charge on any atom is -0.454 e. The number of nitrogens with one attached hydrogen (secondary N) is 2. The average Bonchev–Trinajstić information content (AvgIpc) is 2.92. The van der Waals surface area contributed by atoms with Crippen LogP contribution in [0.5, 0.6) is 11.5 Å². The van der Waals surface area contributed by atoms with Gasteiger partial charge in [-0.1, -0.05) is 12.1 Å². The summed E-state index contributed by atoms with van der Waals surface area (Å²) < 4.78 is 10.7. The van der Waals surface area contributed by atoms with E-state index in [2.05, 4.69) is 22.2 Å². The maximum atomic E-state index is 5.36. The molecule has 2 rings (SSSR count). The van der Waals surface area contributed by atoms with Crippen molar-refractivity contribution in [3.8, 4) is 11.5 Å². The van der Waals surface area contributed by atoms with Gasteiger partial charge < -0.3 is 20.1 Å². The molecule has 0 fully saturated rings. The number of guanidine groups is 1. The van der Waals surface area contributed by atoms with Gasteiger partial charge in [-0.05, 0) is 31.0 Å². The Morgan fingerprint density at radius 2 is 2.14 bits per heavy atom. The van der Waals surface area contributed by atoms with Gasteiger partial charge in [0, 0.05) is 19.6 Å². The summed E-state index contributed by atoms with van der Waals surface area (Å²) in [7, 11) is 0. The van der Waals surface area contributed by atoms with Crippen molar-refractivity contribution in [2.24, 2.45) is 4.99 Å². The maximum absolute atomic E-state index is 5.36. The molecule has 0 saturated carbocycles. The molecule has 0 bridgehead atoms. The molecule has 1 heterocycles. The van der Waals surface area contributed by atoms with Crippen LogP contribution in [0.15, 0.2) is 35.8 Å². The van der Waals surface area contributed by atoms with E-state index in [0.717, 1.165) is 30.4 Å². The van der Waals surface area contributed by atoms with Crippen molar-refractivity contribution in [2.75, 3.05) is 26.4 Å². The summed E-state index contributed by atoms with van der Waals surface area (Å²) >= 11 is 0. The highest BCUT2D eigenvalue weighted by molar-refractivity contribution is 14.0. The van der Waals surface area contributed by atoms with Crippen LogP contribution >= 0.6 is 24.0 Å². The summed E-state index contributed by atoms with van der Waals surface area (Å²) in [5, 5.41) is 6.37. The van der Waals surface area contributed by atoms with E-state index in [4.69, 9.17) is 9.47 Å². The van der Waals surface area contributed by atoms with Gasteiger partial charge in [0.05, 0.1) is 0 Å². The van der Waals surface area contributed by atoms with Crippen LogP contribution < -0.4 is 20.1 Å². The summed E-state index contributed by atoms with van der Waals surface area (Å²) in [6.07, 6.45) is 2.67. The molecule has 116 valence electrons. The predicted molar refractivity (Wildman–Crippen MR) is 95.9 cm³/mol. The Morgan fingerprint density at radius 3 is 2.90 bits per heavy atom. The zero-order valence-electron chi connectivity index (χ0n) is 12.2. The number of aliphatic imine (C=N–C) groups is 1. The fourth-order valence-electron chi connectivity index (χ4n) is 1.90. The first-order valence-corrected chi connectivity index (χ1v) is 6.85. The molecule has 0 amide bonds. The molecule has 1 aliphatic rings. The van der Waals surface area contributed by atoms with Crippen LogP contribution in [0.1, 0.15) is 12.5 Å². The zero-order valence-corrected chi connectivity index (χ0v) is 14.6. The van der Waals surface area contributed by atoms with Crippen molar-refractivity contribution in [3.05, 3.63) is 36.4 Å². The number of halogens is 1. The number of rotatable bonds is 6. The first-order valence-electron chi connectivity index (χ1n) is 6.85. The monoisotopic (exact) mass is 403 g/mol. The fourth-order valence-corrected chi connectivity index (χ4v) is 1.90. The van der Waals surface area contributed by atoms with E-state index in [-0.39, 0.29) is 24.0 Å². The molecule has 0 atom stereocenters. The highest BCUT2D eigenvalue weighted by Gasteiger charge is 2.12. The molecule has 1 aliphatic heterocycles. The maximum Gasteiger partial charge on any atom is 0.231 e. The Kier molecular flexibility index (Phi) is 7.96. The lowest BCUT2D eigenvalue weighted by atomic mass is 10.1. The Hall–Kier alpha value is -1.44. The van der Waals surface area contributed by atoms with Crippen molar-refractivity contribution < 1.29 is 9.47 Å². The van der Waals surface area contributed by atoms with E-state index < -0.39 is 0 Å². The minimum absolute atomic E-state index is 0. The van der Waals surface area contributed by atoms with Gasteiger partial charge in [-0.25, -0.2) is 0 Å². The van der Waals surface area contributed by atoms with E-state index >= 15 is 0 Å². The number of hydrogen-bond donors (Lipinski definition) is 2. The quantitative estimate of drug-likeness (QED) is 0.331. The van der Waals surface area contributed by atoms with Crippen LogP contribution in [-0.2, 0) is 6.42 Å². The van der Waals surface area contributed by atoms with E-state index in [1.807, 2.05) is 31.2 Å². The predicted octanol–water partition coefficient (Wildman–Crippen LogP) is 2.32. The molecule has 0 aliphatic carbocycles. The first kappa shape index (κ1) is 17.6. The normalized spacial score (nSPS) is 12.5. The number of nitrogens with zero attached hydrogens (tertiary/aromatic N) is 1. The number of benzene rings is 1. The molecule has 0 aromatic heterocycles. The Morgan fingerprint density at radius 1 is 1.33 bits per heavy atom. The van der Waals surface area contributed by atoms with Crippen LogP contribution in [0.3, 0.4) is 0 Å². The van der Waals surface area contributed by atoms with Gasteiger partial charge in [-0.3, -0.25) is 4.99 Å². The molecule has 1 aromatic rings. The Bertz CT molecular complexity index is 492. The molecule has 6 heteroatoms. The topological polar surface area (TPSA) is 54.9 Å². The van der Waals surface area contributed by atoms with Gasteiger partial charge in [-0.15, -0.1) is 30.6 Å². The zero-order chi connectivity index (χ0) is 14.2. The first-order chi connectivity index (χ1) is 9.83. The molecule has 21 heavy (non-hydrogen) atoms. The van der Waals surface area contributed by atoms with E-state index in [0.29, 0.717) is 19.9 Å². The Balaban J connectivity index is 0.00000220. The molecule has 0 saturated heterocycles. The Labute approximate surface area is 142 Å². The second-order valence-corrected chi connectivity index (χ2v) is 4.37. The van der Waals surface area contributed by atoms with Crippen molar-refractivity contribution in [2.45, 2.75) is 13.3 Å². The average molecular weight is 403 g/mol. The standard InChI is InChI=1S/C15H21N3O2.HI/c1-3-8-17-15(16-4-2)18-9-7-12-5-6-13-14(10-12)20-11-19-13;/h3,5-6,10H,1,4,7-9,11H2,2H3,(H2,16,17,18);1H. The van der Waals surface area contributed by atoms with Crippen molar-refractivity contribution in [1.82, 2.24) is 10.6 Å². The van der Waals surface area contributed by atoms with Gasteiger partial charge in [0.15, 0.2) is 17.5 Å². The summed E-state index contributed by atoms with van der Waals surface area (Å²) in [6.45, 7) is 8.30. The number of fused-ring (bicyclic) bond motifs is 1. The highest BCUT2D eigenvalue weighted by Crippen LogP contribution is 2.32. The van der Waals surface area contributed by atoms with Gasteiger partial charge in [0.1, 0.15) is 0 Å². The van der Waals surface area contributed by atoms with Crippen molar-refractivity contribution in [1.29, 1.82) is 0 Å². The number of ether oxygens (including phenoxy) is 2. The van der Waals surface area contributed by atoms with Crippen LogP contribution in [0.25, 0.3) is 0 Å². The van der Waals surface area contributed by atoms with Crippen LogP contribution in [0.2, 0.25) is 0 Å². The van der Waals surface area contributed by atoms with Gasteiger partial charge in [0.2, 0.25) is 6.79 Å². The second-order valence-electron chi connectivity index (χ2n) is 4.37. The van der Waals surface area contributed by atoms with Crippen LogP contribution in [-0.4, -0.2) is 32.4 Å². The summed E-state index contributed by atoms with van der Waals surface area (Å²) in [5.74, 6) is 2.45. The molecule has 0 unspecified atom stereocenters. The second kappa shape index (κ2) is 9.49. The summed E-state index contributed by atoms with van der Waals surface area (Å²) in [5.41, 5.74) is 1.19. The number of hydrogen-bond acceptors (Lipinski definition) is 3. The van der Waals surface area contributed by atoms with Gasteiger partial charge in [-0.2, -0.15) is 0 Å². The molecule has 2 N–H and O–H groups in total. The highest BCUT2D eigenvalue weighted by atomic mass is 127. The van der Waals surface area contributed by atoms with Gasteiger partial charge >= 0.3 is 0 Å². The molecule has 1 aromatic carbocycles. The molecule has 0 spiro atoms. The molecule has 5 nitrogen and oxygen atoms in total. The minimum atomic E-state index is 0. The lowest BCUT2D eigenvalue weighted by Crippen LogP contribution is -2.37. The van der Waals surface area contributed by atoms with Crippen LogP contribution in [0.4, 0.5) is 0 Å². The van der Waals surface area contributed by atoms with Gasteiger partial charge in [0.25, 0.3) is 0 Å².